The Kier molecular flexibility index (Phi) is 12.1. The summed E-state index contributed by atoms with van der Waals surface area (Å²) in [5.41, 5.74) is 6.87. The molecule has 0 saturated heterocycles. The van der Waals surface area contributed by atoms with Crippen LogP contribution in [0.1, 0.15) is 37.8 Å². The lowest BCUT2D eigenvalue weighted by Gasteiger charge is -2.34. The van der Waals surface area contributed by atoms with Crippen LogP contribution in [0.4, 0.5) is 0 Å². The van der Waals surface area contributed by atoms with Gasteiger partial charge in [-0.3, -0.25) is 0 Å². The molecule has 1 heterocycles. The van der Waals surface area contributed by atoms with Crippen LogP contribution in [0.5, 0.6) is 0 Å². The van der Waals surface area contributed by atoms with E-state index in [9.17, 15) is 0 Å². The standard InChI is InChI=1S/C28H32N2Si.C18H15B/c1-3-10-24-12-8-16-27(20-24)31(23-30-19-18-29-22-30,26-14-6-5-7-15-26)28-17-9-13-25(21-28)11-4-2;1-4-10-16(11-5-1)19(17-12-6-2-7-13-17)18-14-8-3-9-15-18/h5-9,12-22H,3-4,10-11,23H2,1-2H3;1-15H. The van der Waals surface area contributed by atoms with Crippen molar-refractivity contribution in [2.24, 2.45) is 0 Å². The Hall–Kier alpha value is -5.19. The van der Waals surface area contributed by atoms with Crippen LogP contribution in [0.15, 0.2) is 189 Å². The number of hydrogen-bond acceptors (Lipinski definition) is 1. The predicted molar refractivity (Wildman–Crippen MR) is 218 cm³/mol. The molecule has 0 spiro atoms. The molecule has 0 amide bonds. The number of imidazole rings is 1. The second kappa shape index (κ2) is 17.5. The third-order valence-electron chi connectivity index (χ3n) is 9.56. The minimum Gasteiger partial charge on any atom is -0.339 e. The quantitative estimate of drug-likeness (QED) is 0.105. The molecular weight excluding hydrogens is 619 g/mol. The highest BCUT2D eigenvalue weighted by atomic mass is 28.3. The fourth-order valence-corrected chi connectivity index (χ4v) is 11.9. The van der Waals surface area contributed by atoms with Crippen molar-refractivity contribution in [3.8, 4) is 0 Å². The van der Waals surface area contributed by atoms with E-state index in [0.717, 1.165) is 31.9 Å². The Morgan fingerprint density at radius 3 is 1.32 bits per heavy atom. The van der Waals surface area contributed by atoms with Crippen LogP contribution in [0.3, 0.4) is 0 Å². The van der Waals surface area contributed by atoms with E-state index in [0.29, 0.717) is 6.71 Å². The predicted octanol–water partition coefficient (Wildman–Crippen LogP) is 6.70. The van der Waals surface area contributed by atoms with E-state index in [-0.39, 0.29) is 0 Å². The smallest absolute Gasteiger partial charge is 0.241 e. The van der Waals surface area contributed by atoms with Crippen LogP contribution >= 0.6 is 0 Å². The van der Waals surface area contributed by atoms with Crippen LogP contribution in [-0.4, -0.2) is 24.3 Å². The van der Waals surface area contributed by atoms with Gasteiger partial charge in [-0.05, 0) is 39.5 Å². The second-order valence-electron chi connectivity index (χ2n) is 13.1. The van der Waals surface area contributed by atoms with Gasteiger partial charge in [0.1, 0.15) is 0 Å². The third-order valence-corrected chi connectivity index (χ3v) is 14.3. The van der Waals surface area contributed by atoms with E-state index in [2.05, 4.69) is 199 Å². The highest BCUT2D eigenvalue weighted by molar-refractivity contribution is 7.10. The van der Waals surface area contributed by atoms with Gasteiger partial charge in [-0.1, -0.05) is 213 Å². The van der Waals surface area contributed by atoms with Gasteiger partial charge in [0.05, 0.1) is 6.33 Å². The summed E-state index contributed by atoms with van der Waals surface area (Å²) in [5, 5.41) is 4.41. The number of benzene rings is 6. The molecule has 0 radical (unpaired) electrons. The summed E-state index contributed by atoms with van der Waals surface area (Å²) in [6, 6.07) is 62.0. The summed E-state index contributed by atoms with van der Waals surface area (Å²) < 4.78 is 2.28. The first kappa shape index (κ1) is 34.7. The molecular formula is C46H47BN2Si. The summed E-state index contributed by atoms with van der Waals surface area (Å²) in [6.45, 7) is 4.83. The van der Waals surface area contributed by atoms with Crippen molar-refractivity contribution in [1.29, 1.82) is 0 Å². The van der Waals surface area contributed by atoms with Crippen molar-refractivity contribution >= 4 is 46.7 Å². The molecule has 0 aliphatic heterocycles. The fraction of sp³-hybridized carbons (Fsp3) is 0.152. The van der Waals surface area contributed by atoms with Gasteiger partial charge in [-0.2, -0.15) is 0 Å². The van der Waals surface area contributed by atoms with E-state index in [1.54, 1.807) is 0 Å². The molecule has 0 unspecified atom stereocenters. The molecule has 4 heteroatoms. The van der Waals surface area contributed by atoms with Gasteiger partial charge < -0.3 is 4.57 Å². The zero-order valence-corrected chi connectivity index (χ0v) is 30.4. The van der Waals surface area contributed by atoms with Crippen molar-refractivity contribution in [2.45, 2.75) is 45.7 Å². The lowest BCUT2D eigenvalue weighted by molar-refractivity contribution is 0.861. The molecule has 0 bridgehead atoms. The van der Waals surface area contributed by atoms with Gasteiger partial charge in [0.25, 0.3) is 0 Å². The Balaban J connectivity index is 0.000000194. The average molecular weight is 667 g/mol. The van der Waals surface area contributed by atoms with Gasteiger partial charge in [0.15, 0.2) is 8.07 Å². The molecule has 0 aliphatic rings. The molecule has 7 rings (SSSR count). The van der Waals surface area contributed by atoms with Gasteiger partial charge in [0.2, 0.25) is 6.71 Å². The van der Waals surface area contributed by atoms with Crippen molar-refractivity contribution in [3.05, 3.63) is 200 Å². The van der Waals surface area contributed by atoms with E-state index in [1.165, 1.54) is 43.1 Å². The summed E-state index contributed by atoms with van der Waals surface area (Å²) in [6.07, 6.45) is 11.5. The van der Waals surface area contributed by atoms with Crippen molar-refractivity contribution in [3.63, 3.8) is 0 Å². The van der Waals surface area contributed by atoms with E-state index >= 15 is 0 Å². The highest BCUT2D eigenvalue weighted by Gasteiger charge is 2.40. The zero-order chi connectivity index (χ0) is 34.4. The lowest BCUT2D eigenvalue weighted by Crippen LogP contribution is -2.69. The molecule has 1 aromatic heterocycles. The Morgan fingerprint density at radius 2 is 0.920 bits per heavy atom. The fourth-order valence-electron chi connectivity index (χ4n) is 7.23. The van der Waals surface area contributed by atoms with Crippen LogP contribution in [0.25, 0.3) is 0 Å². The van der Waals surface area contributed by atoms with Crippen LogP contribution in [0.2, 0.25) is 0 Å². The highest BCUT2D eigenvalue weighted by Crippen LogP contribution is 2.15. The molecule has 7 aromatic rings. The first-order chi connectivity index (χ1) is 24.7. The monoisotopic (exact) mass is 666 g/mol. The van der Waals surface area contributed by atoms with Crippen molar-refractivity contribution in [1.82, 2.24) is 9.55 Å². The normalized spacial score (nSPS) is 11.0. The van der Waals surface area contributed by atoms with Gasteiger partial charge in [-0.25, -0.2) is 4.98 Å². The van der Waals surface area contributed by atoms with Crippen LogP contribution in [-0.2, 0) is 19.0 Å². The molecule has 0 fully saturated rings. The molecule has 50 heavy (non-hydrogen) atoms. The summed E-state index contributed by atoms with van der Waals surface area (Å²) in [4.78, 5) is 4.37. The largest absolute Gasteiger partial charge is 0.339 e. The second-order valence-corrected chi connectivity index (χ2v) is 16.9. The Bertz CT molecular complexity index is 1850. The number of aromatic nitrogens is 2. The molecule has 0 aliphatic carbocycles. The van der Waals surface area contributed by atoms with Crippen molar-refractivity contribution in [2.75, 3.05) is 0 Å². The lowest BCUT2D eigenvalue weighted by atomic mass is 9.37. The number of rotatable bonds is 12. The maximum atomic E-state index is 4.37. The summed E-state index contributed by atoms with van der Waals surface area (Å²) in [5.74, 6) is 0. The van der Waals surface area contributed by atoms with E-state index < -0.39 is 8.07 Å². The number of hydrogen-bond donors (Lipinski definition) is 0. The van der Waals surface area contributed by atoms with Gasteiger partial charge >= 0.3 is 0 Å². The minimum absolute atomic E-state index is 0.309. The van der Waals surface area contributed by atoms with Crippen LogP contribution < -0.4 is 31.9 Å². The maximum Gasteiger partial charge on any atom is 0.241 e. The Labute approximate surface area is 300 Å². The number of nitrogens with zero attached hydrogens (tertiary/aromatic N) is 2. The van der Waals surface area contributed by atoms with Crippen molar-refractivity contribution < 1.29 is 0 Å². The van der Waals surface area contributed by atoms with E-state index in [4.69, 9.17) is 0 Å². The zero-order valence-electron chi connectivity index (χ0n) is 29.4. The Morgan fingerprint density at radius 1 is 0.500 bits per heavy atom. The van der Waals surface area contributed by atoms with Crippen LogP contribution in [0, 0.1) is 0 Å². The first-order valence-electron chi connectivity index (χ1n) is 18.1. The molecule has 0 atom stereocenters. The molecule has 2 nitrogen and oxygen atoms in total. The molecule has 248 valence electrons. The molecule has 0 N–H and O–H groups in total. The maximum absolute atomic E-state index is 4.37. The van der Waals surface area contributed by atoms with Gasteiger partial charge in [-0.15, -0.1) is 0 Å². The first-order valence-corrected chi connectivity index (χ1v) is 20.3. The SMILES string of the molecule is CCCc1cccc([Si](Cn2ccnc2)(c2ccccc2)c2cccc(CCC)c2)c1.c1ccc(B(c2ccccc2)c2ccccc2)cc1. The minimum atomic E-state index is -2.33. The number of aryl methyl sites for hydroxylation is 2. The molecule has 6 aromatic carbocycles. The topological polar surface area (TPSA) is 17.8 Å². The third kappa shape index (κ3) is 8.33. The van der Waals surface area contributed by atoms with Gasteiger partial charge in [0, 0.05) is 18.6 Å². The van der Waals surface area contributed by atoms with E-state index in [1.807, 2.05) is 12.5 Å². The summed E-state index contributed by atoms with van der Waals surface area (Å²) in [7, 11) is -2.33. The average Bonchev–Trinajstić information content (AvgIpc) is 3.70. The molecule has 0 saturated carbocycles. The summed E-state index contributed by atoms with van der Waals surface area (Å²) >= 11 is 0.